The van der Waals surface area contributed by atoms with Crippen molar-refractivity contribution >= 4 is 28.5 Å². The van der Waals surface area contributed by atoms with E-state index in [0.717, 1.165) is 41.1 Å². The highest BCUT2D eigenvalue weighted by Crippen LogP contribution is 2.49. The molecule has 3 aliphatic rings. The molecule has 3 heterocycles. The number of anilines is 2. The van der Waals surface area contributed by atoms with E-state index in [1.165, 1.54) is 16.8 Å². The third kappa shape index (κ3) is 3.05. The molecule has 2 atom stereocenters. The van der Waals surface area contributed by atoms with Crippen molar-refractivity contribution in [2.75, 3.05) is 17.3 Å². The van der Waals surface area contributed by atoms with Gasteiger partial charge in [-0.2, -0.15) is 0 Å². The lowest BCUT2D eigenvalue weighted by molar-refractivity contribution is -0.118. The highest BCUT2D eigenvalue weighted by molar-refractivity contribution is 6.01. The Bertz CT molecular complexity index is 1380. The Morgan fingerprint density at radius 1 is 1.06 bits per heavy atom. The van der Waals surface area contributed by atoms with Gasteiger partial charge in [-0.05, 0) is 67.3 Å². The smallest absolute Gasteiger partial charge is 0.209 e. The molecule has 34 heavy (non-hydrogen) atoms. The highest BCUT2D eigenvalue weighted by Gasteiger charge is 2.42. The number of allylic oxidation sites excluding steroid dienone is 2. The van der Waals surface area contributed by atoms with Crippen LogP contribution in [0.3, 0.4) is 0 Å². The Hall–Kier alpha value is -3.08. The first-order chi connectivity index (χ1) is 16.1. The number of nitrogens with zero attached hydrogens (tertiary/aromatic N) is 3. The van der Waals surface area contributed by atoms with Crippen molar-refractivity contribution in [2.24, 2.45) is 5.41 Å². The van der Waals surface area contributed by atoms with Gasteiger partial charge in [-0.25, -0.2) is 4.98 Å². The standard InChI is InChI=1S/C29H34N4O/c1-17-14-29(4,5)32(6)22-12-11-18(13-19(17)22)26-25-21(15-28(2,3)16-24(25)34)31-27-30-20-9-7-8-10-23(20)33(26)27/h7-13,17,26H,14-16H2,1-6H3,(H,30,31)/t17-,26-/m1/s1. The minimum Gasteiger partial charge on any atom is -0.369 e. The van der Waals surface area contributed by atoms with Gasteiger partial charge >= 0.3 is 0 Å². The second-order valence-electron chi connectivity index (χ2n) is 11.9. The summed E-state index contributed by atoms with van der Waals surface area (Å²) >= 11 is 0. The molecule has 1 aliphatic carbocycles. The molecule has 0 saturated heterocycles. The number of carbonyl (C=O) groups excluding carboxylic acids is 1. The summed E-state index contributed by atoms with van der Waals surface area (Å²) in [6, 6.07) is 14.9. The summed E-state index contributed by atoms with van der Waals surface area (Å²) in [4.78, 5) is 21.0. The van der Waals surface area contributed by atoms with Crippen molar-refractivity contribution in [1.82, 2.24) is 9.55 Å². The minimum absolute atomic E-state index is 0.0552. The fraction of sp³-hybridized carbons (Fsp3) is 0.448. The average molecular weight is 455 g/mol. The zero-order chi connectivity index (χ0) is 24.0. The van der Waals surface area contributed by atoms with Gasteiger partial charge in [-0.3, -0.25) is 9.36 Å². The van der Waals surface area contributed by atoms with E-state index >= 15 is 0 Å². The van der Waals surface area contributed by atoms with Crippen molar-refractivity contribution in [1.29, 1.82) is 0 Å². The maximum Gasteiger partial charge on any atom is 0.209 e. The molecular weight excluding hydrogens is 420 g/mol. The molecule has 5 nitrogen and oxygen atoms in total. The molecule has 0 radical (unpaired) electrons. The average Bonchev–Trinajstić information content (AvgIpc) is 3.12. The van der Waals surface area contributed by atoms with Crippen molar-refractivity contribution < 1.29 is 4.79 Å². The SMILES string of the molecule is C[C@@H]1CC(C)(C)N(C)c2ccc([C@@H]3C4=C(CC(C)(C)CC4=O)Nc4nc5ccccc5n43)cc21. The lowest BCUT2D eigenvalue weighted by Crippen LogP contribution is -2.45. The second-order valence-corrected chi connectivity index (χ2v) is 11.9. The summed E-state index contributed by atoms with van der Waals surface area (Å²) in [6.45, 7) is 11.3. The number of aromatic nitrogens is 2. The summed E-state index contributed by atoms with van der Waals surface area (Å²) in [5.41, 5.74) is 7.86. The van der Waals surface area contributed by atoms with Crippen LogP contribution in [0.4, 0.5) is 11.6 Å². The van der Waals surface area contributed by atoms with Gasteiger partial charge in [0.15, 0.2) is 5.78 Å². The number of rotatable bonds is 1. The number of hydrogen-bond donors (Lipinski definition) is 1. The van der Waals surface area contributed by atoms with Crippen LogP contribution in [-0.2, 0) is 4.79 Å². The van der Waals surface area contributed by atoms with E-state index in [4.69, 9.17) is 4.98 Å². The van der Waals surface area contributed by atoms with Crippen LogP contribution in [0.2, 0.25) is 0 Å². The van der Waals surface area contributed by atoms with Crippen LogP contribution in [0.5, 0.6) is 0 Å². The molecule has 0 amide bonds. The topological polar surface area (TPSA) is 50.2 Å². The number of carbonyl (C=O) groups is 1. The molecule has 1 aromatic heterocycles. The zero-order valence-corrected chi connectivity index (χ0v) is 21.1. The predicted molar refractivity (Wildman–Crippen MR) is 138 cm³/mol. The van der Waals surface area contributed by atoms with Crippen LogP contribution in [-0.4, -0.2) is 27.9 Å². The van der Waals surface area contributed by atoms with Crippen LogP contribution in [0, 0.1) is 5.41 Å². The number of hydrogen-bond acceptors (Lipinski definition) is 4. The maximum atomic E-state index is 13.6. The fourth-order valence-corrected chi connectivity index (χ4v) is 6.50. The third-order valence-corrected chi connectivity index (χ3v) is 8.28. The molecule has 1 N–H and O–H groups in total. The van der Waals surface area contributed by atoms with E-state index in [1.54, 1.807) is 0 Å². The normalized spacial score (nSPS) is 25.0. The lowest BCUT2D eigenvalue weighted by atomic mass is 9.72. The van der Waals surface area contributed by atoms with Crippen LogP contribution < -0.4 is 10.2 Å². The molecule has 0 bridgehead atoms. The van der Waals surface area contributed by atoms with E-state index in [9.17, 15) is 4.79 Å². The fourth-order valence-electron chi connectivity index (χ4n) is 6.50. The summed E-state index contributed by atoms with van der Waals surface area (Å²) in [5.74, 6) is 1.53. The number of imidazole rings is 1. The van der Waals surface area contributed by atoms with Gasteiger partial charge in [0.2, 0.25) is 5.95 Å². The van der Waals surface area contributed by atoms with Gasteiger partial charge in [0.25, 0.3) is 0 Å². The summed E-state index contributed by atoms with van der Waals surface area (Å²) in [5, 5.41) is 3.57. The largest absolute Gasteiger partial charge is 0.369 e. The van der Waals surface area contributed by atoms with Crippen molar-refractivity contribution in [3.8, 4) is 0 Å². The molecule has 6 rings (SSSR count). The predicted octanol–water partition coefficient (Wildman–Crippen LogP) is 6.42. The van der Waals surface area contributed by atoms with Gasteiger partial charge in [0, 0.05) is 36.0 Å². The molecule has 3 aromatic rings. The van der Waals surface area contributed by atoms with E-state index < -0.39 is 0 Å². The quantitative estimate of drug-likeness (QED) is 0.461. The third-order valence-electron chi connectivity index (χ3n) is 8.28. The first-order valence-electron chi connectivity index (χ1n) is 12.4. The van der Waals surface area contributed by atoms with Crippen molar-refractivity contribution in [2.45, 2.75) is 71.4 Å². The van der Waals surface area contributed by atoms with E-state index in [0.29, 0.717) is 12.3 Å². The zero-order valence-electron chi connectivity index (χ0n) is 21.1. The molecule has 0 saturated carbocycles. The molecule has 0 fully saturated rings. The van der Waals surface area contributed by atoms with Gasteiger partial charge in [0.05, 0.1) is 17.1 Å². The molecule has 176 valence electrons. The van der Waals surface area contributed by atoms with Gasteiger partial charge in [-0.15, -0.1) is 0 Å². The number of ketones is 1. The molecule has 2 aromatic carbocycles. The van der Waals surface area contributed by atoms with Crippen LogP contribution in [0.1, 0.15) is 77.0 Å². The van der Waals surface area contributed by atoms with E-state index in [1.807, 2.05) is 6.07 Å². The van der Waals surface area contributed by atoms with Gasteiger partial charge in [0.1, 0.15) is 0 Å². The number of fused-ring (bicyclic) bond motifs is 4. The second kappa shape index (κ2) is 6.97. The number of para-hydroxylation sites is 2. The van der Waals surface area contributed by atoms with Gasteiger partial charge in [-0.1, -0.05) is 45.0 Å². The molecule has 0 unspecified atom stereocenters. The van der Waals surface area contributed by atoms with Crippen LogP contribution in [0.25, 0.3) is 11.0 Å². The Morgan fingerprint density at radius 3 is 2.62 bits per heavy atom. The van der Waals surface area contributed by atoms with E-state index in [2.05, 4.69) is 92.8 Å². The summed E-state index contributed by atoms with van der Waals surface area (Å²) in [7, 11) is 2.20. The Balaban J connectivity index is 1.58. The number of nitrogens with one attached hydrogen (secondary N) is 1. The van der Waals surface area contributed by atoms with Crippen molar-refractivity contribution in [3.05, 3.63) is 64.9 Å². The van der Waals surface area contributed by atoms with Gasteiger partial charge < -0.3 is 10.2 Å². The first-order valence-corrected chi connectivity index (χ1v) is 12.4. The van der Waals surface area contributed by atoms with Crippen LogP contribution >= 0.6 is 0 Å². The molecule has 5 heteroatoms. The maximum absolute atomic E-state index is 13.6. The number of Topliss-reactive ketones (excluding diaryl/α,β-unsaturated/α-hetero) is 1. The first kappa shape index (κ1) is 21.5. The molecular formula is C29H34N4O. The van der Waals surface area contributed by atoms with Crippen molar-refractivity contribution in [3.63, 3.8) is 0 Å². The highest BCUT2D eigenvalue weighted by atomic mass is 16.1. The monoisotopic (exact) mass is 454 g/mol. The Morgan fingerprint density at radius 2 is 1.82 bits per heavy atom. The summed E-state index contributed by atoms with van der Waals surface area (Å²) < 4.78 is 2.24. The minimum atomic E-state index is -0.167. The lowest BCUT2D eigenvalue weighted by Gasteiger charge is -2.46. The van der Waals surface area contributed by atoms with E-state index in [-0.39, 0.29) is 22.8 Å². The Kier molecular flexibility index (Phi) is 4.40. The molecule has 2 aliphatic heterocycles. The van der Waals surface area contributed by atoms with Crippen LogP contribution in [0.15, 0.2) is 53.7 Å². The number of benzene rings is 2. The molecule has 0 spiro atoms. The Labute approximate surface area is 201 Å². The summed E-state index contributed by atoms with van der Waals surface area (Å²) in [6.07, 6.45) is 2.53.